The van der Waals surface area contributed by atoms with Gasteiger partial charge in [-0.05, 0) is 35.9 Å². The maximum atomic E-state index is 12.6. The Bertz CT molecular complexity index is 1380. The molecule has 1 aliphatic rings. The van der Waals surface area contributed by atoms with Gasteiger partial charge in [0.05, 0.1) is 5.56 Å². The lowest BCUT2D eigenvalue weighted by Gasteiger charge is -2.37. The SMILES string of the molecule is O=C(O)c1ccc2c(c1)c(C(C(=O)O)N1CCN(CCc3ccccn3)CC1)cn2Cc1ccccc1. The van der Waals surface area contributed by atoms with Crippen LogP contribution in [0.5, 0.6) is 0 Å². The van der Waals surface area contributed by atoms with Gasteiger partial charge in [-0.15, -0.1) is 0 Å². The minimum absolute atomic E-state index is 0.148. The van der Waals surface area contributed by atoms with Gasteiger partial charge in [0.25, 0.3) is 0 Å². The number of hydrogen-bond donors (Lipinski definition) is 2. The summed E-state index contributed by atoms with van der Waals surface area (Å²) in [7, 11) is 0. The highest BCUT2D eigenvalue weighted by Gasteiger charge is 2.33. The normalized spacial score (nSPS) is 15.6. The molecule has 1 aliphatic heterocycles. The number of carbonyl (C=O) groups is 2. The molecule has 8 heteroatoms. The first-order valence-corrected chi connectivity index (χ1v) is 12.5. The van der Waals surface area contributed by atoms with Crippen LogP contribution in [-0.2, 0) is 17.8 Å². The van der Waals surface area contributed by atoms with Gasteiger partial charge < -0.3 is 19.7 Å². The molecule has 1 atom stereocenters. The molecule has 0 radical (unpaired) electrons. The molecule has 1 saturated heterocycles. The maximum Gasteiger partial charge on any atom is 0.335 e. The van der Waals surface area contributed by atoms with Gasteiger partial charge in [0, 0.05) is 80.2 Å². The number of rotatable bonds is 9. The second-order valence-corrected chi connectivity index (χ2v) is 9.42. The van der Waals surface area contributed by atoms with Crippen molar-refractivity contribution in [2.45, 2.75) is 19.0 Å². The van der Waals surface area contributed by atoms with Crippen LogP contribution >= 0.6 is 0 Å². The molecule has 37 heavy (non-hydrogen) atoms. The number of fused-ring (bicyclic) bond motifs is 1. The average molecular weight is 499 g/mol. The molecule has 0 saturated carbocycles. The molecule has 0 bridgehead atoms. The summed E-state index contributed by atoms with van der Waals surface area (Å²) < 4.78 is 2.02. The Morgan fingerprint density at radius 1 is 0.919 bits per heavy atom. The number of carboxylic acid groups (broad SMARTS) is 2. The lowest BCUT2D eigenvalue weighted by Crippen LogP contribution is -2.49. The minimum Gasteiger partial charge on any atom is -0.480 e. The number of nitrogens with zero attached hydrogens (tertiary/aromatic N) is 4. The first-order chi connectivity index (χ1) is 18.0. The smallest absolute Gasteiger partial charge is 0.335 e. The second-order valence-electron chi connectivity index (χ2n) is 9.42. The van der Waals surface area contributed by atoms with E-state index in [9.17, 15) is 19.8 Å². The van der Waals surface area contributed by atoms with E-state index in [4.69, 9.17) is 0 Å². The van der Waals surface area contributed by atoms with Crippen molar-refractivity contribution >= 4 is 22.8 Å². The fourth-order valence-corrected chi connectivity index (χ4v) is 5.14. The number of aliphatic carboxylic acids is 1. The summed E-state index contributed by atoms with van der Waals surface area (Å²) in [6, 6.07) is 20.0. The molecule has 2 aromatic carbocycles. The van der Waals surface area contributed by atoms with Crippen molar-refractivity contribution in [3.8, 4) is 0 Å². The zero-order valence-electron chi connectivity index (χ0n) is 20.5. The summed E-state index contributed by atoms with van der Waals surface area (Å²) in [5.41, 5.74) is 3.73. The van der Waals surface area contributed by atoms with Crippen LogP contribution in [0.3, 0.4) is 0 Å². The Kier molecular flexibility index (Phi) is 7.30. The van der Waals surface area contributed by atoms with E-state index in [1.165, 1.54) is 0 Å². The predicted molar refractivity (Wildman–Crippen MR) is 141 cm³/mol. The number of hydrogen-bond acceptors (Lipinski definition) is 5. The third-order valence-electron chi connectivity index (χ3n) is 7.07. The number of piperazine rings is 1. The van der Waals surface area contributed by atoms with E-state index < -0.39 is 18.0 Å². The van der Waals surface area contributed by atoms with E-state index in [0.717, 1.165) is 42.8 Å². The van der Waals surface area contributed by atoms with Crippen LogP contribution in [0.2, 0.25) is 0 Å². The zero-order chi connectivity index (χ0) is 25.8. The van der Waals surface area contributed by atoms with Crippen LogP contribution in [-0.4, -0.2) is 74.2 Å². The monoisotopic (exact) mass is 498 g/mol. The quantitative estimate of drug-likeness (QED) is 0.362. The Hall–Kier alpha value is -4.01. The maximum absolute atomic E-state index is 12.6. The average Bonchev–Trinajstić information content (AvgIpc) is 3.26. The van der Waals surface area contributed by atoms with E-state index >= 15 is 0 Å². The fourth-order valence-electron chi connectivity index (χ4n) is 5.14. The number of benzene rings is 2. The zero-order valence-corrected chi connectivity index (χ0v) is 20.5. The number of aromatic nitrogens is 2. The van der Waals surface area contributed by atoms with Gasteiger partial charge in [0.15, 0.2) is 0 Å². The Morgan fingerprint density at radius 3 is 2.35 bits per heavy atom. The van der Waals surface area contributed by atoms with Gasteiger partial charge in [-0.2, -0.15) is 0 Å². The van der Waals surface area contributed by atoms with E-state index in [0.29, 0.717) is 30.6 Å². The van der Waals surface area contributed by atoms with Gasteiger partial charge in [0.2, 0.25) is 0 Å². The molecule has 2 N–H and O–H groups in total. The third kappa shape index (κ3) is 5.55. The lowest BCUT2D eigenvalue weighted by molar-refractivity contribution is -0.144. The van der Waals surface area contributed by atoms with Crippen LogP contribution in [0.1, 0.15) is 33.2 Å². The van der Waals surface area contributed by atoms with Crippen molar-refractivity contribution in [3.05, 3.63) is 102 Å². The van der Waals surface area contributed by atoms with Gasteiger partial charge in [-0.1, -0.05) is 36.4 Å². The van der Waals surface area contributed by atoms with Crippen LogP contribution in [0.25, 0.3) is 10.9 Å². The van der Waals surface area contributed by atoms with E-state index in [2.05, 4.69) is 9.88 Å². The van der Waals surface area contributed by atoms with Gasteiger partial charge in [-0.3, -0.25) is 14.7 Å². The predicted octanol–water partition coefficient (Wildman–Crippen LogP) is 3.77. The summed E-state index contributed by atoms with van der Waals surface area (Å²) in [6.07, 6.45) is 4.54. The third-order valence-corrected chi connectivity index (χ3v) is 7.07. The van der Waals surface area contributed by atoms with Crippen molar-refractivity contribution < 1.29 is 19.8 Å². The molecule has 4 aromatic rings. The van der Waals surface area contributed by atoms with Crippen molar-refractivity contribution in [1.29, 1.82) is 0 Å². The molecule has 3 heterocycles. The molecule has 8 nitrogen and oxygen atoms in total. The number of pyridine rings is 1. The summed E-state index contributed by atoms with van der Waals surface area (Å²) in [5, 5.41) is 20.6. The molecule has 2 aromatic heterocycles. The van der Waals surface area contributed by atoms with Crippen molar-refractivity contribution in [3.63, 3.8) is 0 Å². The van der Waals surface area contributed by atoms with E-state index in [1.54, 1.807) is 24.4 Å². The van der Waals surface area contributed by atoms with Crippen LogP contribution in [0, 0.1) is 0 Å². The molecule has 190 valence electrons. The van der Waals surface area contributed by atoms with Gasteiger partial charge in [0.1, 0.15) is 6.04 Å². The molecular formula is C29H30N4O4. The van der Waals surface area contributed by atoms with Gasteiger partial charge in [-0.25, -0.2) is 4.79 Å². The first kappa shape index (κ1) is 24.7. The Morgan fingerprint density at radius 2 is 1.68 bits per heavy atom. The Labute approximate surface area is 215 Å². The molecular weight excluding hydrogens is 468 g/mol. The van der Waals surface area contributed by atoms with E-state index in [-0.39, 0.29) is 5.56 Å². The molecule has 0 spiro atoms. The van der Waals surface area contributed by atoms with Crippen molar-refractivity contribution in [2.75, 3.05) is 32.7 Å². The van der Waals surface area contributed by atoms with Crippen LogP contribution < -0.4 is 0 Å². The fraction of sp³-hybridized carbons (Fsp3) is 0.276. The molecule has 5 rings (SSSR count). The highest BCUT2D eigenvalue weighted by Crippen LogP contribution is 2.32. The number of aromatic carboxylic acids is 1. The second kappa shape index (κ2) is 10.9. The highest BCUT2D eigenvalue weighted by atomic mass is 16.4. The summed E-state index contributed by atoms with van der Waals surface area (Å²) in [5.74, 6) is -1.96. The summed E-state index contributed by atoms with van der Waals surface area (Å²) in [4.78, 5) is 33.1. The van der Waals surface area contributed by atoms with Crippen molar-refractivity contribution in [2.24, 2.45) is 0 Å². The number of carboxylic acids is 2. The summed E-state index contributed by atoms with van der Waals surface area (Å²) in [6.45, 7) is 4.20. The summed E-state index contributed by atoms with van der Waals surface area (Å²) >= 11 is 0. The standard InChI is InChI=1S/C29H30N4O4/c34-28(35)22-9-10-26-24(18-22)25(20-33(26)19-21-6-2-1-3-7-21)27(29(36)37)32-16-14-31(15-17-32)13-11-23-8-4-5-12-30-23/h1-10,12,18,20,27H,11,13-17,19H2,(H,34,35)(H,36,37). The van der Waals surface area contributed by atoms with E-state index in [1.807, 2.05) is 64.2 Å². The first-order valence-electron chi connectivity index (χ1n) is 12.5. The molecule has 0 aliphatic carbocycles. The molecule has 0 amide bonds. The Balaban J connectivity index is 1.40. The largest absolute Gasteiger partial charge is 0.480 e. The molecule has 1 unspecified atom stereocenters. The van der Waals surface area contributed by atoms with Gasteiger partial charge >= 0.3 is 11.9 Å². The van der Waals surface area contributed by atoms with Crippen molar-refractivity contribution in [1.82, 2.24) is 19.4 Å². The van der Waals surface area contributed by atoms with Crippen LogP contribution in [0.4, 0.5) is 0 Å². The molecule has 1 fully saturated rings. The highest BCUT2D eigenvalue weighted by molar-refractivity contribution is 5.96. The minimum atomic E-state index is -1.03. The topological polar surface area (TPSA) is 98.9 Å². The lowest BCUT2D eigenvalue weighted by atomic mass is 10.0. The van der Waals surface area contributed by atoms with Crippen LogP contribution in [0.15, 0.2) is 79.1 Å².